The summed E-state index contributed by atoms with van der Waals surface area (Å²) in [6.45, 7) is 8.38. The van der Waals surface area contributed by atoms with E-state index in [-0.39, 0.29) is 0 Å². The fourth-order valence-corrected chi connectivity index (χ4v) is 5.61. The van der Waals surface area contributed by atoms with Gasteiger partial charge < -0.3 is 0 Å². The Morgan fingerprint density at radius 3 is 1.90 bits per heavy atom. The van der Waals surface area contributed by atoms with Crippen LogP contribution in [-0.4, -0.2) is 0 Å². The molecule has 4 fully saturated rings. The van der Waals surface area contributed by atoms with Gasteiger partial charge in [0.05, 0.1) is 0 Å². The van der Waals surface area contributed by atoms with E-state index >= 15 is 0 Å². The van der Waals surface area contributed by atoms with Gasteiger partial charge in [0, 0.05) is 0 Å². The van der Waals surface area contributed by atoms with Crippen LogP contribution >= 0.6 is 0 Å². The topological polar surface area (TPSA) is 0 Å². The summed E-state index contributed by atoms with van der Waals surface area (Å²) in [5.74, 6) is 2.97. The Bertz CT molecular complexity index is 511. The number of allylic oxidation sites excluding steroid dienone is 1. The lowest BCUT2D eigenvalue weighted by Crippen LogP contribution is -2.46. The molecule has 0 radical (unpaired) electrons. The van der Waals surface area contributed by atoms with Crippen LogP contribution in [0.4, 0.5) is 0 Å². The molecule has 4 bridgehead atoms. The van der Waals surface area contributed by atoms with Crippen LogP contribution in [0.25, 0.3) is 11.6 Å². The maximum Gasteiger partial charge on any atom is -0.00390 e. The van der Waals surface area contributed by atoms with Crippen LogP contribution < -0.4 is 0 Å². The average molecular weight is 264 g/mol. The second kappa shape index (κ2) is 4.35. The summed E-state index contributed by atoms with van der Waals surface area (Å²) in [7, 11) is 0. The molecule has 4 aliphatic carbocycles. The predicted molar refractivity (Wildman–Crippen MR) is 86.2 cm³/mol. The summed E-state index contributed by atoms with van der Waals surface area (Å²) < 4.78 is 0. The Hall–Kier alpha value is -1.30. The third-order valence-electron chi connectivity index (χ3n) is 6.17. The van der Waals surface area contributed by atoms with Crippen LogP contribution in [0, 0.1) is 23.2 Å². The van der Waals surface area contributed by atoms with E-state index in [0.29, 0.717) is 5.41 Å². The highest BCUT2D eigenvalue weighted by molar-refractivity contribution is 5.70. The molecule has 5 rings (SSSR count). The SMILES string of the molecule is C=Cc1ccc(C(=C)C23CC4CC(CC(C4)C2)C3)cc1. The first-order chi connectivity index (χ1) is 9.68. The zero-order chi connectivity index (χ0) is 13.7. The van der Waals surface area contributed by atoms with Crippen LogP contribution in [-0.2, 0) is 0 Å². The smallest absolute Gasteiger partial charge is 0.00390 e. The highest BCUT2D eigenvalue weighted by Gasteiger charge is 2.52. The van der Waals surface area contributed by atoms with E-state index in [1.54, 1.807) is 0 Å². The van der Waals surface area contributed by atoms with Crippen molar-refractivity contribution in [2.24, 2.45) is 23.2 Å². The van der Waals surface area contributed by atoms with E-state index in [0.717, 1.165) is 17.8 Å². The van der Waals surface area contributed by atoms with Gasteiger partial charge >= 0.3 is 0 Å². The third kappa shape index (κ3) is 1.81. The summed E-state index contributed by atoms with van der Waals surface area (Å²) in [5.41, 5.74) is 4.42. The average Bonchev–Trinajstić information content (AvgIpc) is 2.45. The Balaban J connectivity index is 1.65. The molecule has 0 amide bonds. The quantitative estimate of drug-likeness (QED) is 0.670. The van der Waals surface area contributed by atoms with Crippen molar-refractivity contribution >= 4 is 11.6 Å². The van der Waals surface area contributed by atoms with Crippen LogP contribution in [0.15, 0.2) is 37.4 Å². The van der Waals surface area contributed by atoms with Crippen LogP contribution in [0.3, 0.4) is 0 Å². The molecule has 0 saturated heterocycles. The Kier molecular flexibility index (Phi) is 2.70. The molecular weight excluding hydrogens is 240 g/mol. The Morgan fingerprint density at radius 2 is 1.45 bits per heavy atom. The maximum atomic E-state index is 4.54. The summed E-state index contributed by atoms with van der Waals surface area (Å²) in [4.78, 5) is 0. The van der Waals surface area contributed by atoms with Crippen LogP contribution in [0.2, 0.25) is 0 Å². The molecule has 0 heteroatoms. The van der Waals surface area contributed by atoms with Crippen molar-refractivity contribution in [3.63, 3.8) is 0 Å². The predicted octanol–water partition coefficient (Wildman–Crippen LogP) is 5.56. The first-order valence-corrected chi connectivity index (χ1v) is 8.11. The third-order valence-corrected chi connectivity index (χ3v) is 6.17. The van der Waals surface area contributed by atoms with Crippen molar-refractivity contribution in [2.75, 3.05) is 0 Å². The van der Waals surface area contributed by atoms with Gasteiger partial charge in [0.2, 0.25) is 0 Å². The molecule has 1 aromatic rings. The number of hydrogen-bond donors (Lipinski definition) is 0. The number of benzene rings is 1. The molecule has 1 aromatic carbocycles. The van der Waals surface area contributed by atoms with Crippen molar-refractivity contribution in [3.05, 3.63) is 48.6 Å². The van der Waals surface area contributed by atoms with Gasteiger partial charge in [-0.05, 0) is 78.4 Å². The van der Waals surface area contributed by atoms with Gasteiger partial charge in [-0.3, -0.25) is 0 Å². The molecule has 104 valence electrons. The molecular formula is C20H24. The molecule has 0 N–H and O–H groups in total. The van der Waals surface area contributed by atoms with Crippen molar-refractivity contribution < 1.29 is 0 Å². The molecule has 20 heavy (non-hydrogen) atoms. The van der Waals surface area contributed by atoms with E-state index in [2.05, 4.69) is 37.4 Å². The molecule has 0 heterocycles. The van der Waals surface area contributed by atoms with E-state index in [9.17, 15) is 0 Å². The Labute approximate surface area is 122 Å². The highest BCUT2D eigenvalue weighted by Crippen LogP contribution is 2.63. The van der Waals surface area contributed by atoms with Gasteiger partial charge in [-0.2, -0.15) is 0 Å². The van der Waals surface area contributed by atoms with E-state index in [1.165, 1.54) is 55.2 Å². The number of hydrogen-bond acceptors (Lipinski definition) is 0. The number of rotatable bonds is 3. The van der Waals surface area contributed by atoms with E-state index in [4.69, 9.17) is 0 Å². The Morgan fingerprint density at radius 1 is 0.950 bits per heavy atom. The summed E-state index contributed by atoms with van der Waals surface area (Å²) >= 11 is 0. The molecule has 0 spiro atoms. The molecule has 0 atom stereocenters. The zero-order valence-electron chi connectivity index (χ0n) is 12.3. The molecule has 4 saturated carbocycles. The normalized spacial score (nSPS) is 37.9. The van der Waals surface area contributed by atoms with E-state index in [1.807, 2.05) is 6.08 Å². The highest BCUT2D eigenvalue weighted by atomic mass is 14.6. The molecule has 0 aromatic heterocycles. The minimum Gasteiger partial charge on any atom is -0.0985 e. The second-order valence-electron chi connectivity index (χ2n) is 7.50. The van der Waals surface area contributed by atoms with Gasteiger partial charge in [-0.15, -0.1) is 0 Å². The second-order valence-corrected chi connectivity index (χ2v) is 7.50. The largest absolute Gasteiger partial charge is 0.0985 e. The standard InChI is InChI=1S/C20H24/c1-3-15-4-6-19(7-5-15)14(2)20-11-16-8-17(12-20)10-18(9-16)13-20/h3-7,16-18H,1-2,8-13H2. The van der Waals surface area contributed by atoms with Gasteiger partial charge in [0.1, 0.15) is 0 Å². The van der Waals surface area contributed by atoms with Crippen molar-refractivity contribution in [1.29, 1.82) is 0 Å². The fourth-order valence-electron chi connectivity index (χ4n) is 5.61. The minimum absolute atomic E-state index is 0.435. The van der Waals surface area contributed by atoms with E-state index < -0.39 is 0 Å². The maximum absolute atomic E-state index is 4.54. The fraction of sp³-hybridized carbons (Fsp3) is 0.500. The lowest BCUT2D eigenvalue weighted by atomic mass is 9.47. The molecule has 0 aliphatic heterocycles. The van der Waals surface area contributed by atoms with Gasteiger partial charge in [-0.25, -0.2) is 0 Å². The van der Waals surface area contributed by atoms with Gasteiger partial charge in [-0.1, -0.05) is 43.5 Å². The lowest BCUT2D eigenvalue weighted by Gasteiger charge is -2.57. The summed E-state index contributed by atoms with van der Waals surface area (Å²) in [5, 5.41) is 0. The molecule has 0 unspecified atom stereocenters. The lowest BCUT2D eigenvalue weighted by molar-refractivity contribution is -0.0176. The van der Waals surface area contributed by atoms with Gasteiger partial charge in [0.25, 0.3) is 0 Å². The van der Waals surface area contributed by atoms with Crippen molar-refractivity contribution in [3.8, 4) is 0 Å². The monoisotopic (exact) mass is 264 g/mol. The van der Waals surface area contributed by atoms with Gasteiger partial charge in [0.15, 0.2) is 0 Å². The zero-order valence-corrected chi connectivity index (χ0v) is 12.3. The summed E-state index contributed by atoms with van der Waals surface area (Å²) in [6, 6.07) is 8.85. The first kappa shape index (κ1) is 12.4. The first-order valence-electron chi connectivity index (χ1n) is 8.11. The van der Waals surface area contributed by atoms with Crippen molar-refractivity contribution in [2.45, 2.75) is 38.5 Å². The summed E-state index contributed by atoms with van der Waals surface area (Å²) in [6.07, 6.45) is 10.6. The van der Waals surface area contributed by atoms with Crippen LogP contribution in [0.5, 0.6) is 0 Å². The van der Waals surface area contributed by atoms with Crippen LogP contribution in [0.1, 0.15) is 49.7 Å². The molecule has 4 aliphatic rings. The minimum atomic E-state index is 0.435. The molecule has 0 nitrogen and oxygen atoms in total. The van der Waals surface area contributed by atoms with Crippen molar-refractivity contribution in [1.82, 2.24) is 0 Å².